The van der Waals surface area contributed by atoms with Crippen molar-refractivity contribution in [3.63, 3.8) is 0 Å². The molecule has 4 rings (SSSR count). The van der Waals surface area contributed by atoms with Gasteiger partial charge in [-0.15, -0.1) is 0 Å². The highest BCUT2D eigenvalue weighted by atomic mass is 15.1. The SMILES string of the molecule is CC1c2ccc(NCc3ccc(-c4ccccc4)cc3)cc2CCC1N(C)C. The van der Waals surface area contributed by atoms with Crippen LogP contribution in [0.2, 0.25) is 0 Å². The number of nitrogens with one attached hydrogen (secondary N) is 1. The first-order chi connectivity index (χ1) is 13.6. The highest BCUT2D eigenvalue weighted by molar-refractivity contribution is 5.63. The summed E-state index contributed by atoms with van der Waals surface area (Å²) in [5.74, 6) is 0.596. The van der Waals surface area contributed by atoms with Crippen molar-refractivity contribution < 1.29 is 0 Å². The predicted octanol–water partition coefficient (Wildman–Crippen LogP) is 5.95. The van der Waals surface area contributed by atoms with E-state index < -0.39 is 0 Å². The molecule has 0 bridgehead atoms. The van der Waals surface area contributed by atoms with Gasteiger partial charge in [-0.3, -0.25) is 0 Å². The van der Waals surface area contributed by atoms with E-state index in [-0.39, 0.29) is 0 Å². The Balaban J connectivity index is 1.42. The fourth-order valence-corrected chi connectivity index (χ4v) is 4.49. The first kappa shape index (κ1) is 18.8. The monoisotopic (exact) mass is 370 g/mol. The zero-order valence-corrected chi connectivity index (χ0v) is 17.2. The third-order valence-corrected chi connectivity index (χ3v) is 6.14. The summed E-state index contributed by atoms with van der Waals surface area (Å²) in [6.45, 7) is 3.22. The van der Waals surface area contributed by atoms with E-state index in [0.29, 0.717) is 12.0 Å². The average molecular weight is 371 g/mol. The molecule has 0 saturated heterocycles. The Kier molecular flexibility index (Phi) is 5.50. The van der Waals surface area contributed by atoms with Crippen molar-refractivity contribution in [3.8, 4) is 11.1 Å². The van der Waals surface area contributed by atoms with Gasteiger partial charge in [-0.1, -0.05) is 67.6 Å². The zero-order chi connectivity index (χ0) is 19.5. The van der Waals surface area contributed by atoms with Crippen molar-refractivity contribution in [1.82, 2.24) is 4.90 Å². The van der Waals surface area contributed by atoms with Gasteiger partial charge in [0.1, 0.15) is 0 Å². The molecule has 3 aromatic rings. The Morgan fingerprint density at radius 3 is 2.32 bits per heavy atom. The Morgan fingerprint density at radius 1 is 0.893 bits per heavy atom. The van der Waals surface area contributed by atoms with Gasteiger partial charge in [0.05, 0.1) is 0 Å². The minimum atomic E-state index is 0.596. The largest absolute Gasteiger partial charge is 0.381 e. The first-order valence-corrected chi connectivity index (χ1v) is 10.3. The van der Waals surface area contributed by atoms with Crippen LogP contribution >= 0.6 is 0 Å². The second kappa shape index (κ2) is 8.20. The van der Waals surface area contributed by atoms with E-state index in [1.807, 2.05) is 0 Å². The third kappa shape index (κ3) is 3.98. The minimum Gasteiger partial charge on any atom is -0.381 e. The van der Waals surface area contributed by atoms with E-state index in [4.69, 9.17) is 0 Å². The molecule has 1 aliphatic rings. The molecule has 0 heterocycles. The van der Waals surface area contributed by atoms with Crippen LogP contribution in [0.4, 0.5) is 5.69 Å². The van der Waals surface area contributed by atoms with Gasteiger partial charge in [0.2, 0.25) is 0 Å². The normalized spacial score (nSPS) is 18.7. The van der Waals surface area contributed by atoms with Crippen LogP contribution in [-0.4, -0.2) is 25.0 Å². The summed E-state index contributed by atoms with van der Waals surface area (Å²) in [6.07, 6.45) is 2.41. The number of aryl methyl sites for hydroxylation is 1. The molecular weight excluding hydrogens is 340 g/mol. The van der Waals surface area contributed by atoms with Gasteiger partial charge in [0, 0.05) is 18.3 Å². The summed E-state index contributed by atoms with van der Waals surface area (Å²) in [7, 11) is 4.40. The summed E-state index contributed by atoms with van der Waals surface area (Å²) in [5, 5.41) is 3.61. The van der Waals surface area contributed by atoms with Crippen LogP contribution in [0, 0.1) is 0 Å². The molecule has 1 N–H and O–H groups in total. The van der Waals surface area contributed by atoms with Gasteiger partial charge in [0.15, 0.2) is 0 Å². The van der Waals surface area contributed by atoms with Crippen LogP contribution in [0.3, 0.4) is 0 Å². The maximum atomic E-state index is 3.61. The van der Waals surface area contributed by atoms with Gasteiger partial charge in [-0.05, 0) is 72.8 Å². The Labute approximate surface area is 169 Å². The van der Waals surface area contributed by atoms with Gasteiger partial charge in [0.25, 0.3) is 0 Å². The van der Waals surface area contributed by atoms with Crippen LogP contribution in [0.1, 0.15) is 36.0 Å². The Morgan fingerprint density at radius 2 is 1.61 bits per heavy atom. The number of hydrogen-bond donors (Lipinski definition) is 1. The van der Waals surface area contributed by atoms with Crippen LogP contribution in [0.15, 0.2) is 72.8 Å². The predicted molar refractivity (Wildman–Crippen MR) is 120 cm³/mol. The van der Waals surface area contributed by atoms with Gasteiger partial charge in [-0.2, -0.15) is 0 Å². The van der Waals surface area contributed by atoms with Gasteiger partial charge in [-0.25, -0.2) is 0 Å². The fraction of sp³-hybridized carbons (Fsp3) is 0.308. The van der Waals surface area contributed by atoms with Crippen LogP contribution in [-0.2, 0) is 13.0 Å². The Bertz CT molecular complexity index is 913. The topological polar surface area (TPSA) is 15.3 Å². The number of fused-ring (bicyclic) bond motifs is 1. The molecule has 1 aliphatic carbocycles. The molecule has 0 amide bonds. The minimum absolute atomic E-state index is 0.596. The van der Waals surface area contributed by atoms with E-state index in [9.17, 15) is 0 Å². The van der Waals surface area contributed by atoms with Crippen molar-refractivity contribution in [2.45, 2.75) is 38.3 Å². The second-order valence-electron chi connectivity index (χ2n) is 8.19. The smallest absolute Gasteiger partial charge is 0.0400 e. The van der Waals surface area contributed by atoms with E-state index in [1.54, 1.807) is 0 Å². The first-order valence-electron chi connectivity index (χ1n) is 10.3. The highest BCUT2D eigenvalue weighted by Crippen LogP contribution is 2.35. The lowest BCUT2D eigenvalue weighted by atomic mass is 9.79. The number of benzene rings is 3. The lowest BCUT2D eigenvalue weighted by Crippen LogP contribution is -2.36. The van der Waals surface area contributed by atoms with E-state index >= 15 is 0 Å². The van der Waals surface area contributed by atoms with Crippen LogP contribution in [0.25, 0.3) is 11.1 Å². The molecule has 0 radical (unpaired) electrons. The average Bonchev–Trinajstić information content (AvgIpc) is 2.73. The second-order valence-corrected chi connectivity index (χ2v) is 8.19. The summed E-state index contributed by atoms with van der Waals surface area (Å²) in [4.78, 5) is 2.37. The van der Waals surface area contributed by atoms with Crippen molar-refractivity contribution in [2.24, 2.45) is 0 Å². The van der Waals surface area contributed by atoms with Crippen molar-refractivity contribution in [1.29, 1.82) is 0 Å². The molecule has 0 fully saturated rings. The fourth-order valence-electron chi connectivity index (χ4n) is 4.49. The lowest BCUT2D eigenvalue weighted by molar-refractivity contribution is 0.237. The molecule has 2 nitrogen and oxygen atoms in total. The van der Waals surface area contributed by atoms with E-state index in [0.717, 1.165) is 6.54 Å². The van der Waals surface area contributed by atoms with Gasteiger partial charge >= 0.3 is 0 Å². The van der Waals surface area contributed by atoms with Crippen molar-refractivity contribution in [2.75, 3.05) is 19.4 Å². The maximum absolute atomic E-state index is 3.61. The number of hydrogen-bond acceptors (Lipinski definition) is 2. The summed E-state index contributed by atoms with van der Waals surface area (Å²) >= 11 is 0. The molecular formula is C26H30N2. The number of rotatable bonds is 5. The number of nitrogens with zero attached hydrogens (tertiary/aromatic N) is 1. The molecule has 2 unspecified atom stereocenters. The standard InChI is InChI=1S/C26H30N2/c1-19-25-15-14-24(17-23(25)13-16-26(19)28(2)3)27-18-20-9-11-22(12-10-20)21-7-5-4-6-8-21/h4-12,14-15,17,19,26-27H,13,16,18H2,1-3H3. The summed E-state index contributed by atoms with van der Waals surface area (Å²) < 4.78 is 0. The van der Waals surface area contributed by atoms with E-state index in [1.165, 1.54) is 46.3 Å². The quantitative estimate of drug-likeness (QED) is 0.597. The van der Waals surface area contributed by atoms with Crippen molar-refractivity contribution >= 4 is 5.69 Å². The Hall–Kier alpha value is -2.58. The van der Waals surface area contributed by atoms with Gasteiger partial charge < -0.3 is 10.2 Å². The molecule has 0 saturated carbocycles. The summed E-state index contributed by atoms with van der Waals surface area (Å²) in [6, 6.07) is 27.0. The number of anilines is 1. The van der Waals surface area contributed by atoms with Crippen LogP contribution < -0.4 is 5.32 Å². The molecule has 2 heteroatoms. The molecule has 3 aromatic carbocycles. The molecule has 0 aromatic heterocycles. The summed E-state index contributed by atoms with van der Waals surface area (Å²) in [5.41, 5.74) is 8.09. The molecule has 28 heavy (non-hydrogen) atoms. The molecule has 144 valence electrons. The van der Waals surface area contributed by atoms with E-state index in [2.05, 4.69) is 104 Å². The molecule has 2 atom stereocenters. The molecule has 0 spiro atoms. The third-order valence-electron chi connectivity index (χ3n) is 6.14. The van der Waals surface area contributed by atoms with Crippen LogP contribution in [0.5, 0.6) is 0 Å². The zero-order valence-electron chi connectivity index (χ0n) is 17.2. The van der Waals surface area contributed by atoms with Crippen molar-refractivity contribution in [3.05, 3.63) is 89.5 Å². The highest BCUT2D eigenvalue weighted by Gasteiger charge is 2.27. The molecule has 0 aliphatic heterocycles. The lowest BCUT2D eigenvalue weighted by Gasteiger charge is -2.36. The number of likely N-dealkylation sites (N-methyl/N-ethyl adjacent to an activating group) is 1. The maximum Gasteiger partial charge on any atom is 0.0400 e.